The smallest absolute Gasteiger partial charge is 0.0628 e. The molecule has 0 aromatic carbocycles. The van der Waals surface area contributed by atoms with E-state index < -0.39 is 0 Å². The summed E-state index contributed by atoms with van der Waals surface area (Å²) in [6, 6.07) is 0. The molecule has 1 heterocycles. The Kier molecular flexibility index (Phi) is 18.9. The minimum atomic E-state index is -0.149. The standard InChI is InChI=1S/C48H90P4S/c1-11-13-31-47(51(41-23-15-16-24-41)42-25-17-18-26-42)45(49(33-37(3)4)34-38(5)6)46(50(35-39(7)8)36-40(9)10)48(53-47,32-14-12-2)52(43-27-19-20-28-43)44-29-21-22-30-44/h37-44H,11-36H2,1-10H3. The Morgan fingerprint density at radius 1 is 0.453 bits per heavy atom. The van der Waals surface area contributed by atoms with Gasteiger partial charge in [0.15, 0.2) is 0 Å². The third-order valence-corrected chi connectivity index (χ3v) is 32.8. The van der Waals surface area contributed by atoms with Gasteiger partial charge in [0.1, 0.15) is 0 Å². The Morgan fingerprint density at radius 2 is 0.698 bits per heavy atom. The van der Waals surface area contributed by atoms with Crippen LogP contribution in [-0.4, -0.2) is 56.3 Å². The first-order valence-electron chi connectivity index (χ1n) is 24.0. The van der Waals surface area contributed by atoms with Crippen molar-refractivity contribution in [3.63, 3.8) is 0 Å². The fraction of sp³-hybridized carbons (Fsp3) is 0.958. The van der Waals surface area contributed by atoms with Crippen molar-refractivity contribution in [2.45, 2.75) is 242 Å². The molecule has 2 atom stereocenters. The zero-order chi connectivity index (χ0) is 38.2. The van der Waals surface area contributed by atoms with Crippen molar-refractivity contribution in [1.82, 2.24) is 0 Å². The molecule has 4 aliphatic carbocycles. The molecular weight excluding hydrogens is 732 g/mol. The Morgan fingerprint density at radius 3 is 0.906 bits per heavy atom. The SMILES string of the molecule is CCCCC1(P(C2CCCC2)C2CCCC2)SC(CCCC)(P(C2CCCC2)C2CCCC2)C(P(CC(C)C)CC(C)C)=C1P(CC(C)C)CC(C)C. The van der Waals surface area contributed by atoms with Gasteiger partial charge in [-0.15, -0.1) is 11.8 Å². The van der Waals surface area contributed by atoms with E-state index in [2.05, 4.69) is 91.6 Å². The Balaban J connectivity index is 1.94. The molecule has 0 spiro atoms. The second-order valence-electron chi connectivity index (χ2n) is 20.5. The summed E-state index contributed by atoms with van der Waals surface area (Å²) in [6.07, 6.45) is 39.9. The van der Waals surface area contributed by atoms with E-state index in [4.69, 9.17) is 0 Å². The number of thioether (sulfide) groups is 1. The average molecular weight is 823 g/mol. The topological polar surface area (TPSA) is 0 Å². The van der Waals surface area contributed by atoms with Crippen LogP contribution < -0.4 is 0 Å². The summed E-state index contributed by atoms with van der Waals surface area (Å²) in [5.41, 5.74) is 4.21. The molecule has 2 unspecified atom stereocenters. The molecule has 53 heavy (non-hydrogen) atoms. The van der Waals surface area contributed by atoms with Gasteiger partial charge in [0.2, 0.25) is 0 Å². The van der Waals surface area contributed by atoms with Crippen LogP contribution in [0.15, 0.2) is 10.6 Å². The second kappa shape index (κ2) is 21.9. The quantitative estimate of drug-likeness (QED) is 0.0981. The third kappa shape index (κ3) is 11.2. The lowest BCUT2D eigenvalue weighted by Gasteiger charge is -2.52. The van der Waals surface area contributed by atoms with Gasteiger partial charge in [-0.3, -0.25) is 0 Å². The molecular formula is C48H90P4S. The highest BCUT2D eigenvalue weighted by molar-refractivity contribution is 8.15. The lowest BCUT2D eigenvalue weighted by atomic mass is 10.1. The largest absolute Gasteiger partial charge is 0.129 e. The average Bonchev–Trinajstić information content (AvgIpc) is 3.94. The molecule has 4 fully saturated rings. The van der Waals surface area contributed by atoms with Crippen LogP contribution in [0.3, 0.4) is 0 Å². The lowest BCUT2D eigenvalue weighted by molar-refractivity contribution is 0.678. The third-order valence-electron chi connectivity index (χ3n) is 13.7. The van der Waals surface area contributed by atoms with Crippen LogP contribution in [0.25, 0.3) is 0 Å². The van der Waals surface area contributed by atoms with Crippen LogP contribution in [0.1, 0.15) is 210 Å². The molecule has 1 aliphatic heterocycles. The predicted octanol–water partition coefficient (Wildman–Crippen LogP) is 18.0. The first-order chi connectivity index (χ1) is 25.5. The van der Waals surface area contributed by atoms with Gasteiger partial charge in [0, 0.05) is 0 Å². The molecule has 0 radical (unpaired) electrons. The Hall–Kier alpha value is 1.81. The molecule has 0 amide bonds. The minimum Gasteiger partial charge on any atom is -0.129 e. The van der Waals surface area contributed by atoms with Crippen LogP contribution in [0.5, 0.6) is 0 Å². The highest BCUT2D eigenvalue weighted by Gasteiger charge is 2.65. The van der Waals surface area contributed by atoms with Crippen LogP contribution >= 0.6 is 43.4 Å². The number of rotatable bonds is 22. The molecule has 4 saturated carbocycles. The molecule has 0 bridgehead atoms. The Bertz CT molecular complexity index is 957. The highest BCUT2D eigenvalue weighted by atomic mass is 32.2. The van der Waals surface area contributed by atoms with E-state index in [0.717, 1.165) is 46.3 Å². The maximum atomic E-state index is 2.95. The van der Waals surface area contributed by atoms with E-state index in [-0.39, 0.29) is 31.7 Å². The van der Waals surface area contributed by atoms with Gasteiger partial charge in [-0.25, -0.2) is 0 Å². The molecule has 0 aromatic rings. The van der Waals surface area contributed by atoms with E-state index in [0.29, 0.717) is 8.98 Å². The zero-order valence-electron chi connectivity index (χ0n) is 37.2. The fourth-order valence-electron chi connectivity index (χ4n) is 12.1. The zero-order valence-corrected chi connectivity index (χ0v) is 41.6. The highest BCUT2D eigenvalue weighted by Crippen LogP contribution is 2.90. The summed E-state index contributed by atoms with van der Waals surface area (Å²) in [6.45, 7) is 26.1. The van der Waals surface area contributed by atoms with E-state index in [1.165, 1.54) is 102 Å². The van der Waals surface area contributed by atoms with Crippen molar-refractivity contribution in [3.8, 4) is 0 Å². The molecule has 5 heteroatoms. The first-order valence-corrected chi connectivity index (χ1v) is 31.2. The van der Waals surface area contributed by atoms with Gasteiger partial charge < -0.3 is 0 Å². The maximum Gasteiger partial charge on any atom is 0.0628 e. The van der Waals surface area contributed by atoms with Crippen molar-refractivity contribution in [2.75, 3.05) is 24.6 Å². The fourth-order valence-corrected chi connectivity index (χ4v) is 36.6. The predicted molar refractivity (Wildman–Crippen MR) is 255 cm³/mol. The van der Waals surface area contributed by atoms with Gasteiger partial charge in [-0.1, -0.05) is 178 Å². The van der Waals surface area contributed by atoms with Gasteiger partial charge in [-0.2, -0.15) is 0 Å². The van der Waals surface area contributed by atoms with Crippen LogP contribution in [0, 0.1) is 23.7 Å². The van der Waals surface area contributed by atoms with Crippen LogP contribution in [0.4, 0.5) is 0 Å². The first kappa shape index (κ1) is 45.9. The van der Waals surface area contributed by atoms with Crippen molar-refractivity contribution in [1.29, 1.82) is 0 Å². The molecule has 0 N–H and O–H groups in total. The minimum absolute atomic E-state index is 0.0543. The lowest BCUT2D eigenvalue weighted by Crippen LogP contribution is -2.36. The molecule has 0 aromatic heterocycles. The summed E-state index contributed by atoms with van der Waals surface area (Å²) < 4.78 is 0.945. The van der Waals surface area contributed by atoms with E-state index in [9.17, 15) is 0 Å². The van der Waals surface area contributed by atoms with Gasteiger partial charge >= 0.3 is 0 Å². The van der Waals surface area contributed by atoms with Crippen molar-refractivity contribution < 1.29 is 0 Å². The second-order valence-corrected chi connectivity index (χ2v) is 33.3. The summed E-state index contributed by atoms with van der Waals surface area (Å²) in [4.78, 5) is 0. The Labute approximate surface area is 342 Å². The van der Waals surface area contributed by atoms with Crippen molar-refractivity contribution in [3.05, 3.63) is 10.6 Å². The van der Waals surface area contributed by atoms with Crippen LogP contribution in [0.2, 0.25) is 0 Å². The summed E-state index contributed by atoms with van der Waals surface area (Å²) in [5.74, 6) is 3.24. The van der Waals surface area contributed by atoms with E-state index in [1.54, 1.807) is 64.2 Å². The summed E-state index contributed by atoms with van der Waals surface area (Å²) in [7, 11) is -0.407. The van der Waals surface area contributed by atoms with E-state index in [1.807, 2.05) is 0 Å². The monoisotopic (exact) mass is 823 g/mol. The summed E-state index contributed by atoms with van der Waals surface area (Å²) in [5, 5.41) is 4.68. The van der Waals surface area contributed by atoms with Gasteiger partial charge in [0.05, 0.1) is 8.98 Å². The van der Waals surface area contributed by atoms with Crippen molar-refractivity contribution >= 4 is 43.4 Å². The number of hydrogen-bond acceptors (Lipinski definition) is 1. The number of hydrogen-bond donors (Lipinski definition) is 0. The molecule has 5 aliphatic rings. The maximum absolute atomic E-state index is 2.95. The van der Waals surface area contributed by atoms with Gasteiger partial charge in [0.25, 0.3) is 0 Å². The molecule has 0 saturated heterocycles. The van der Waals surface area contributed by atoms with Crippen molar-refractivity contribution in [2.24, 2.45) is 23.7 Å². The van der Waals surface area contributed by atoms with E-state index >= 15 is 0 Å². The number of unbranched alkanes of at least 4 members (excludes halogenated alkanes) is 2. The molecule has 308 valence electrons. The normalized spacial score (nSPS) is 27.3. The molecule has 0 nitrogen and oxygen atoms in total. The summed E-state index contributed by atoms with van der Waals surface area (Å²) >= 11 is 2.95. The molecule has 5 rings (SSSR count). The van der Waals surface area contributed by atoms with Crippen LogP contribution in [-0.2, 0) is 0 Å². The van der Waals surface area contributed by atoms with Gasteiger partial charge in [-0.05, 0) is 146 Å².